The minimum atomic E-state index is -1.14. The van der Waals surface area contributed by atoms with Gasteiger partial charge < -0.3 is 35.2 Å². The maximum Gasteiger partial charge on any atom is 0.305 e. The predicted molar refractivity (Wildman–Crippen MR) is 298 cm³/mol. The van der Waals surface area contributed by atoms with Gasteiger partial charge in [0.05, 0.1) is 14.2 Å². The summed E-state index contributed by atoms with van der Waals surface area (Å²) in [7, 11) is 2.54. The van der Waals surface area contributed by atoms with E-state index in [1.165, 1.54) is 96.6 Å². The molecule has 1 heterocycles. The summed E-state index contributed by atoms with van der Waals surface area (Å²) in [6, 6.07) is 8.60. The molecule has 418 valence electrons. The molecule has 3 saturated carbocycles. The summed E-state index contributed by atoms with van der Waals surface area (Å²) in [4.78, 5) is 64.6. The van der Waals surface area contributed by atoms with Gasteiger partial charge in [-0.15, -0.1) is 0 Å². The third kappa shape index (κ3) is 12.3. The van der Waals surface area contributed by atoms with Gasteiger partial charge in [-0.25, -0.2) is 8.78 Å². The number of fused-ring (bicyclic) bond motifs is 7. The molecule has 0 aromatic heterocycles. The molecule has 10 atom stereocenters. The molecule has 12 nitrogen and oxygen atoms in total. The van der Waals surface area contributed by atoms with Crippen LogP contribution in [0.25, 0.3) is 33.4 Å². The molecule has 4 N–H and O–H groups in total. The van der Waals surface area contributed by atoms with Gasteiger partial charge in [0, 0.05) is 66.2 Å². The highest BCUT2D eigenvalue weighted by atomic mass is 19.1. The molecule has 0 saturated heterocycles. The number of hydrogen-bond donors (Lipinski definition) is 4. The number of hydrogen-bond acceptors (Lipinski definition) is 9. The monoisotopic (exact) mass is 1060 g/mol. The zero-order chi connectivity index (χ0) is 55.3. The van der Waals surface area contributed by atoms with Gasteiger partial charge in [-0.3, -0.25) is 24.0 Å². The molecule has 1 aliphatic heterocycles. The number of esters is 1. The number of rotatable bonds is 22. The van der Waals surface area contributed by atoms with E-state index in [-0.39, 0.29) is 65.3 Å². The summed E-state index contributed by atoms with van der Waals surface area (Å²) < 4.78 is 45.7. The van der Waals surface area contributed by atoms with Crippen molar-refractivity contribution in [1.29, 1.82) is 0 Å². The van der Waals surface area contributed by atoms with Crippen molar-refractivity contribution in [3.63, 3.8) is 0 Å². The van der Waals surface area contributed by atoms with Crippen LogP contribution in [-0.2, 0) is 19.1 Å². The number of methoxy groups -OCH3 is 2. The van der Waals surface area contributed by atoms with Crippen LogP contribution in [0.4, 0.5) is 8.78 Å². The van der Waals surface area contributed by atoms with Crippen molar-refractivity contribution in [3.05, 3.63) is 87.1 Å². The summed E-state index contributed by atoms with van der Waals surface area (Å²) >= 11 is 0. The van der Waals surface area contributed by atoms with E-state index in [1.54, 1.807) is 24.6 Å². The Morgan fingerprint density at radius 3 is 2.36 bits per heavy atom. The van der Waals surface area contributed by atoms with Crippen molar-refractivity contribution in [1.82, 2.24) is 21.3 Å². The molecular weight excluding hydrogens is 979 g/mol. The smallest absolute Gasteiger partial charge is 0.305 e. The van der Waals surface area contributed by atoms with Gasteiger partial charge in [-0.2, -0.15) is 0 Å². The first-order chi connectivity index (χ1) is 36.8. The fraction of sp³-hybridized carbons (Fsp3) is 0.603. The molecule has 3 fully saturated rings. The highest BCUT2D eigenvalue weighted by Crippen LogP contribution is 2.67. The zero-order valence-corrected chi connectivity index (χ0v) is 47.1. The van der Waals surface area contributed by atoms with Gasteiger partial charge in [0.2, 0.25) is 17.2 Å². The molecule has 0 radical (unpaired) electrons. The quantitative estimate of drug-likeness (QED) is 0.0259. The number of benzene rings is 3. The minimum Gasteiger partial charge on any atom is -0.494 e. The molecule has 2 aromatic carbocycles. The topological polar surface area (TPSA) is 165 Å². The van der Waals surface area contributed by atoms with Crippen molar-refractivity contribution in [2.24, 2.45) is 52.3 Å². The summed E-state index contributed by atoms with van der Waals surface area (Å²) in [5, 5.41) is 12.5. The first kappa shape index (κ1) is 57.5. The molecule has 3 amide bonds. The average Bonchev–Trinajstić information content (AvgIpc) is 4.02. The van der Waals surface area contributed by atoms with Crippen molar-refractivity contribution < 1.29 is 41.8 Å². The Hall–Kier alpha value is -5.63. The fourth-order valence-corrected chi connectivity index (χ4v) is 14.9. The van der Waals surface area contributed by atoms with Gasteiger partial charge in [-0.1, -0.05) is 72.1 Å². The molecule has 0 spiro atoms. The second-order valence-corrected chi connectivity index (χ2v) is 24.0. The highest BCUT2D eigenvalue weighted by Gasteiger charge is 2.59. The van der Waals surface area contributed by atoms with E-state index in [1.807, 2.05) is 0 Å². The normalized spacial score (nSPS) is 25.0. The number of carbonyl (C=O) groups is 4. The maximum atomic E-state index is 15.1. The number of nitrogens with one attached hydrogen (secondary N) is 4. The van der Waals surface area contributed by atoms with Crippen molar-refractivity contribution in [3.8, 4) is 28.2 Å². The van der Waals surface area contributed by atoms with E-state index in [0.29, 0.717) is 40.1 Å². The number of halogens is 2. The Kier molecular flexibility index (Phi) is 18.4. The van der Waals surface area contributed by atoms with Crippen LogP contribution in [0.1, 0.15) is 154 Å². The Morgan fingerprint density at radius 1 is 0.844 bits per heavy atom. The van der Waals surface area contributed by atoms with Crippen molar-refractivity contribution >= 4 is 34.7 Å². The standard InChI is InChI=1S/C63H84F2N4O8/c1-10-39(36(2)3)13-12-37(4)47-18-19-48-44-17-15-41-31-42(22-25-62(41,6)49(44)23-26-63(47,48)7)66-27-11-28-67-57(71)24-29-68-61(74)52(20-21-58(72)76-9)69-60(73)40-14-16-43(38(5)30-40)59-45-32-50(64)53(70)34-54(45)77-55-35-56(75-8)51(65)33-46(55)59/h14-16,30,32-37,39,42,44,47-49,52,66H,10-13,17-29,31H2,1-9H3,(H,67,71)(H,68,74)(H,69,73)/t37-,39?,42+,44?,47?,48?,49?,52+,62+,63-/m1/s1. The number of carbonyl (C=O) groups excluding carboxylic acids is 4. The van der Waals surface area contributed by atoms with Crippen LogP contribution in [0.3, 0.4) is 0 Å². The third-order valence-corrected chi connectivity index (χ3v) is 19.4. The number of aryl methyl sites for hydroxylation is 1. The van der Waals surface area contributed by atoms with Gasteiger partial charge >= 0.3 is 5.97 Å². The second kappa shape index (κ2) is 24.6. The van der Waals surface area contributed by atoms with E-state index in [0.717, 1.165) is 72.9 Å². The van der Waals surface area contributed by atoms with Crippen LogP contribution in [-0.4, -0.2) is 69.6 Å². The first-order valence-electron chi connectivity index (χ1n) is 28.7. The number of amides is 3. The van der Waals surface area contributed by atoms with Crippen LogP contribution in [0.5, 0.6) is 5.75 Å². The van der Waals surface area contributed by atoms with E-state index in [9.17, 15) is 28.4 Å². The van der Waals surface area contributed by atoms with Crippen LogP contribution in [0, 0.1) is 70.8 Å². The Labute approximate surface area is 454 Å². The second-order valence-electron chi connectivity index (χ2n) is 24.0. The Morgan fingerprint density at radius 2 is 1.64 bits per heavy atom. The van der Waals surface area contributed by atoms with Crippen LogP contribution in [0.2, 0.25) is 0 Å². The van der Waals surface area contributed by atoms with E-state index < -0.39 is 40.9 Å². The Bertz CT molecular complexity index is 2860. The summed E-state index contributed by atoms with van der Waals surface area (Å²) in [5.74, 6) is 2.06. The first-order valence-corrected chi connectivity index (χ1v) is 28.7. The molecule has 0 bridgehead atoms. The largest absolute Gasteiger partial charge is 0.494 e. The van der Waals surface area contributed by atoms with Crippen LogP contribution >= 0.6 is 0 Å². The summed E-state index contributed by atoms with van der Waals surface area (Å²) in [5.41, 5.74) is 3.55. The predicted octanol–water partition coefficient (Wildman–Crippen LogP) is 11.9. The number of ether oxygens (including phenoxy) is 2. The summed E-state index contributed by atoms with van der Waals surface area (Å²) in [6.45, 7) is 18.1. The molecule has 6 aliphatic rings. The molecule has 8 rings (SSSR count). The van der Waals surface area contributed by atoms with Crippen molar-refractivity contribution in [2.75, 3.05) is 33.9 Å². The molecular formula is C63H84F2N4O8. The van der Waals surface area contributed by atoms with Gasteiger partial charge in [0.25, 0.3) is 5.91 Å². The lowest BCUT2D eigenvalue weighted by atomic mass is 9.47. The molecule has 14 heteroatoms. The van der Waals surface area contributed by atoms with Crippen LogP contribution < -0.4 is 31.4 Å². The van der Waals surface area contributed by atoms with Crippen LogP contribution in [0.15, 0.2) is 63.3 Å². The SMILES string of the molecule is CCC(CC[C@@H](C)C1CCC2C3CC=C4C[C@@H](NCCCNC(=O)CCNC(=O)[C@H](CCC(=O)OC)NC(=O)c5ccc(-c6c7cc(F)c(=O)cc-7oc7cc(OC)c(F)cc67)c(C)c5)CC[C@]4(C)C3CC[C@@]21C)C(C)C. The number of allylic oxidation sites excluding steroid dienone is 1. The zero-order valence-electron chi connectivity index (χ0n) is 47.1. The summed E-state index contributed by atoms with van der Waals surface area (Å²) in [6.07, 6.45) is 17.6. The average molecular weight is 1060 g/mol. The highest BCUT2D eigenvalue weighted by molar-refractivity contribution is 6.04. The van der Waals surface area contributed by atoms with Crippen molar-refractivity contribution in [2.45, 2.75) is 157 Å². The minimum absolute atomic E-state index is 0.0167. The van der Waals surface area contributed by atoms with E-state index in [2.05, 4.69) is 68.9 Å². The fourth-order valence-electron chi connectivity index (χ4n) is 14.9. The third-order valence-electron chi connectivity index (χ3n) is 19.4. The lowest BCUT2D eigenvalue weighted by molar-refractivity contribution is -0.141. The van der Waals surface area contributed by atoms with Gasteiger partial charge in [0.1, 0.15) is 17.4 Å². The molecule has 77 heavy (non-hydrogen) atoms. The lowest BCUT2D eigenvalue weighted by Crippen LogP contribution is -2.51. The van der Waals surface area contributed by atoms with E-state index >= 15 is 4.39 Å². The van der Waals surface area contributed by atoms with E-state index in [4.69, 9.17) is 13.9 Å². The Balaban J connectivity index is 0.797. The van der Waals surface area contributed by atoms with Gasteiger partial charge in [0.15, 0.2) is 17.4 Å². The maximum absolute atomic E-state index is 15.1. The molecule has 5 aliphatic carbocycles. The van der Waals surface area contributed by atoms with Gasteiger partial charge in [-0.05, 0) is 172 Å². The molecule has 2 aromatic rings. The lowest BCUT2D eigenvalue weighted by Gasteiger charge is -2.58. The molecule has 5 unspecified atom stereocenters.